The predicted octanol–water partition coefficient (Wildman–Crippen LogP) is 0.494. The van der Waals surface area contributed by atoms with Gasteiger partial charge < -0.3 is 25.1 Å². The fourth-order valence-corrected chi connectivity index (χ4v) is 1.20. The Morgan fingerprint density at radius 2 is 1.88 bits per heavy atom. The summed E-state index contributed by atoms with van der Waals surface area (Å²) < 4.78 is 15.5. The van der Waals surface area contributed by atoms with Gasteiger partial charge >= 0.3 is 5.97 Å². The number of carbonyl (C=O) groups is 1. The van der Waals surface area contributed by atoms with Gasteiger partial charge in [-0.2, -0.15) is 0 Å². The molecule has 1 aromatic rings. The Morgan fingerprint density at radius 1 is 1.35 bits per heavy atom. The van der Waals surface area contributed by atoms with Crippen molar-refractivity contribution in [2.75, 3.05) is 20.8 Å². The molecule has 0 saturated carbocycles. The Bertz CT molecular complexity index is 371. The maximum atomic E-state index is 10.6. The lowest BCUT2D eigenvalue weighted by molar-refractivity contribution is -0.139. The lowest BCUT2D eigenvalue weighted by Crippen LogP contribution is -2.36. The maximum absolute atomic E-state index is 10.6. The Hall–Kier alpha value is -1.95. The molecule has 1 atom stereocenters. The maximum Gasteiger partial charge on any atom is 0.324 e. The second-order valence-electron chi connectivity index (χ2n) is 3.25. The van der Waals surface area contributed by atoms with Gasteiger partial charge in [0.25, 0.3) is 0 Å². The second-order valence-corrected chi connectivity index (χ2v) is 3.25. The minimum absolute atomic E-state index is 0.161. The number of nitrogens with two attached hydrogens (primary N) is 1. The largest absolute Gasteiger partial charge is 0.493 e. The van der Waals surface area contributed by atoms with Crippen LogP contribution in [0.2, 0.25) is 0 Å². The molecule has 0 fully saturated rings. The molecule has 0 aliphatic carbocycles. The number of ether oxygens (including phenoxy) is 3. The molecule has 0 saturated heterocycles. The standard InChI is InChI=1S/C11H15NO5/c1-15-8-4-3-5-9(16-2)10(8)17-6-7(12)11(13)14/h3-5,7H,6,12H2,1-2H3,(H,13,14). The van der Waals surface area contributed by atoms with Crippen molar-refractivity contribution < 1.29 is 24.1 Å². The van der Waals surface area contributed by atoms with Crippen molar-refractivity contribution in [3.8, 4) is 17.2 Å². The molecule has 0 spiro atoms. The molecule has 0 aliphatic heterocycles. The molecule has 3 N–H and O–H groups in total. The number of carboxylic acid groups (broad SMARTS) is 1. The smallest absolute Gasteiger partial charge is 0.324 e. The van der Waals surface area contributed by atoms with Gasteiger partial charge in [0.2, 0.25) is 5.75 Å². The van der Waals surface area contributed by atoms with E-state index in [2.05, 4.69) is 0 Å². The zero-order valence-electron chi connectivity index (χ0n) is 9.67. The summed E-state index contributed by atoms with van der Waals surface area (Å²) in [4.78, 5) is 10.6. The van der Waals surface area contributed by atoms with Crippen LogP contribution in [0, 0.1) is 0 Å². The molecular weight excluding hydrogens is 226 g/mol. The minimum atomic E-state index is -1.13. The highest BCUT2D eigenvalue weighted by atomic mass is 16.5. The van der Waals surface area contributed by atoms with Crippen molar-refractivity contribution >= 4 is 5.97 Å². The number of hydrogen-bond acceptors (Lipinski definition) is 5. The highest BCUT2D eigenvalue weighted by Gasteiger charge is 2.16. The van der Waals surface area contributed by atoms with Crippen molar-refractivity contribution in [1.29, 1.82) is 0 Å². The highest BCUT2D eigenvalue weighted by molar-refractivity contribution is 5.73. The summed E-state index contributed by atoms with van der Waals surface area (Å²) in [5, 5.41) is 8.65. The monoisotopic (exact) mass is 241 g/mol. The van der Waals surface area contributed by atoms with Crippen LogP contribution in [0.3, 0.4) is 0 Å². The molecule has 0 heterocycles. The predicted molar refractivity (Wildman–Crippen MR) is 60.7 cm³/mol. The lowest BCUT2D eigenvalue weighted by atomic mass is 10.3. The third-order valence-corrected chi connectivity index (χ3v) is 2.11. The molecular formula is C11H15NO5. The van der Waals surface area contributed by atoms with Crippen LogP contribution in [0.25, 0.3) is 0 Å². The summed E-state index contributed by atoms with van der Waals surface area (Å²) in [6, 6.07) is 4.01. The molecule has 6 nitrogen and oxygen atoms in total. The van der Waals surface area contributed by atoms with E-state index < -0.39 is 12.0 Å². The number of methoxy groups -OCH3 is 2. The third kappa shape index (κ3) is 3.25. The van der Waals surface area contributed by atoms with Crippen LogP contribution in [0.1, 0.15) is 0 Å². The van der Waals surface area contributed by atoms with Crippen LogP contribution in [-0.2, 0) is 4.79 Å². The first-order valence-electron chi connectivity index (χ1n) is 4.92. The summed E-state index contributed by atoms with van der Waals surface area (Å²) in [6.45, 7) is -0.161. The zero-order chi connectivity index (χ0) is 12.8. The van der Waals surface area contributed by atoms with Crippen molar-refractivity contribution in [3.63, 3.8) is 0 Å². The van der Waals surface area contributed by atoms with Gasteiger partial charge in [-0.3, -0.25) is 4.79 Å². The summed E-state index contributed by atoms with van der Waals surface area (Å²) in [7, 11) is 2.97. The molecule has 94 valence electrons. The van der Waals surface area contributed by atoms with Gasteiger partial charge in [-0.1, -0.05) is 6.07 Å². The van der Waals surface area contributed by atoms with Gasteiger partial charge in [-0.25, -0.2) is 0 Å². The molecule has 17 heavy (non-hydrogen) atoms. The molecule has 1 unspecified atom stereocenters. The van der Waals surface area contributed by atoms with E-state index in [0.717, 1.165) is 0 Å². The first kappa shape index (κ1) is 13.1. The van der Waals surface area contributed by atoms with E-state index in [1.165, 1.54) is 14.2 Å². The zero-order valence-corrected chi connectivity index (χ0v) is 9.67. The third-order valence-electron chi connectivity index (χ3n) is 2.11. The van der Waals surface area contributed by atoms with Gasteiger partial charge in [0.1, 0.15) is 12.6 Å². The number of rotatable bonds is 6. The molecule has 0 amide bonds. The number of aliphatic carboxylic acids is 1. The van der Waals surface area contributed by atoms with Crippen molar-refractivity contribution in [2.45, 2.75) is 6.04 Å². The van der Waals surface area contributed by atoms with E-state index >= 15 is 0 Å². The topological polar surface area (TPSA) is 91.0 Å². The van der Waals surface area contributed by atoms with Gasteiger partial charge in [0, 0.05) is 0 Å². The van der Waals surface area contributed by atoms with E-state index in [4.69, 9.17) is 25.1 Å². The first-order valence-corrected chi connectivity index (χ1v) is 4.92. The summed E-state index contributed by atoms with van der Waals surface area (Å²) >= 11 is 0. The molecule has 0 aliphatic rings. The fourth-order valence-electron chi connectivity index (χ4n) is 1.20. The van der Waals surface area contributed by atoms with Gasteiger partial charge in [-0.15, -0.1) is 0 Å². The fraction of sp³-hybridized carbons (Fsp3) is 0.364. The molecule has 6 heteroatoms. The molecule has 0 radical (unpaired) electrons. The Kier molecular flexibility index (Phi) is 4.59. The SMILES string of the molecule is COc1cccc(OC)c1OCC(N)C(=O)O. The van der Waals surface area contributed by atoms with E-state index in [1.54, 1.807) is 18.2 Å². The quantitative estimate of drug-likeness (QED) is 0.753. The van der Waals surface area contributed by atoms with E-state index in [-0.39, 0.29) is 6.61 Å². The highest BCUT2D eigenvalue weighted by Crippen LogP contribution is 2.36. The number of hydrogen-bond donors (Lipinski definition) is 2. The van der Waals surface area contributed by atoms with E-state index in [9.17, 15) is 4.79 Å². The number of carboxylic acids is 1. The van der Waals surface area contributed by atoms with Crippen molar-refractivity contribution in [2.24, 2.45) is 5.73 Å². The number of benzene rings is 1. The van der Waals surface area contributed by atoms with E-state index in [0.29, 0.717) is 17.2 Å². The van der Waals surface area contributed by atoms with Gasteiger partial charge in [-0.05, 0) is 12.1 Å². The lowest BCUT2D eigenvalue weighted by Gasteiger charge is -2.15. The van der Waals surface area contributed by atoms with Crippen LogP contribution in [0.4, 0.5) is 0 Å². The van der Waals surface area contributed by atoms with Crippen molar-refractivity contribution in [1.82, 2.24) is 0 Å². The normalized spacial score (nSPS) is 11.7. The first-order chi connectivity index (χ1) is 8.10. The average molecular weight is 241 g/mol. The van der Waals surface area contributed by atoms with Crippen LogP contribution < -0.4 is 19.9 Å². The molecule has 1 rings (SSSR count). The second kappa shape index (κ2) is 5.95. The Labute approximate surface area is 98.9 Å². The Balaban J connectivity index is 2.84. The van der Waals surface area contributed by atoms with Gasteiger partial charge in [0.15, 0.2) is 11.5 Å². The summed E-state index contributed by atoms with van der Waals surface area (Å²) in [5.74, 6) is 0.136. The Morgan fingerprint density at radius 3 is 2.29 bits per heavy atom. The van der Waals surface area contributed by atoms with Crippen LogP contribution >= 0.6 is 0 Å². The molecule has 0 aromatic heterocycles. The average Bonchev–Trinajstić information content (AvgIpc) is 2.34. The molecule has 1 aromatic carbocycles. The number of para-hydroxylation sites is 1. The summed E-state index contributed by atoms with van der Waals surface area (Å²) in [6.07, 6.45) is 0. The van der Waals surface area contributed by atoms with Crippen LogP contribution in [0.5, 0.6) is 17.2 Å². The van der Waals surface area contributed by atoms with Crippen LogP contribution in [0.15, 0.2) is 18.2 Å². The van der Waals surface area contributed by atoms with Crippen molar-refractivity contribution in [3.05, 3.63) is 18.2 Å². The van der Waals surface area contributed by atoms with Crippen LogP contribution in [-0.4, -0.2) is 37.9 Å². The summed E-state index contributed by atoms with van der Waals surface area (Å²) in [5.41, 5.74) is 5.34. The minimum Gasteiger partial charge on any atom is -0.493 e. The van der Waals surface area contributed by atoms with Gasteiger partial charge in [0.05, 0.1) is 14.2 Å². The van der Waals surface area contributed by atoms with E-state index in [1.807, 2.05) is 0 Å². The molecule has 0 bridgehead atoms.